The van der Waals surface area contributed by atoms with E-state index in [2.05, 4.69) is 152 Å². The third kappa shape index (κ3) is 4.84. The Balaban J connectivity index is 0.901. The first-order valence-corrected chi connectivity index (χ1v) is 21.3. The van der Waals surface area contributed by atoms with Gasteiger partial charge in [0, 0.05) is 38.2 Å². The molecule has 63 heavy (non-hydrogen) atoms. The monoisotopic (exact) mass is 803 g/mol. The number of furan rings is 2. The van der Waals surface area contributed by atoms with E-state index in [1.54, 1.807) is 0 Å². The molecule has 1 spiro atoms. The summed E-state index contributed by atoms with van der Waals surface area (Å²) in [7, 11) is 0. The van der Waals surface area contributed by atoms with Crippen molar-refractivity contribution >= 4 is 43.9 Å². The van der Waals surface area contributed by atoms with Crippen molar-refractivity contribution in [2.75, 3.05) is 0 Å². The molecule has 0 fully saturated rings. The van der Waals surface area contributed by atoms with Gasteiger partial charge in [-0.15, -0.1) is 0 Å². The number of hydrogen-bond donors (Lipinski definition) is 0. The zero-order valence-corrected chi connectivity index (χ0v) is 33.7. The fourth-order valence-electron chi connectivity index (χ4n) is 10.6. The average Bonchev–Trinajstić information content (AvgIpc) is 4.08. The Bertz CT molecular complexity index is 3680. The van der Waals surface area contributed by atoms with Crippen LogP contribution in [-0.4, -0.2) is 15.0 Å². The molecule has 0 radical (unpaired) electrons. The summed E-state index contributed by atoms with van der Waals surface area (Å²) in [4.78, 5) is 15.4. The van der Waals surface area contributed by atoms with Gasteiger partial charge in [-0.3, -0.25) is 0 Å². The van der Waals surface area contributed by atoms with Crippen molar-refractivity contribution in [3.8, 4) is 67.5 Å². The number of nitrogens with zero attached hydrogens (tertiary/aromatic N) is 3. The Morgan fingerprint density at radius 2 is 0.651 bits per heavy atom. The van der Waals surface area contributed by atoms with Gasteiger partial charge in [0.25, 0.3) is 0 Å². The van der Waals surface area contributed by atoms with E-state index >= 15 is 0 Å². The molecule has 0 unspecified atom stereocenters. The minimum Gasteiger partial charge on any atom is -0.456 e. The van der Waals surface area contributed by atoms with Gasteiger partial charge in [-0.2, -0.15) is 0 Å². The number of rotatable bonds is 4. The van der Waals surface area contributed by atoms with Crippen LogP contribution >= 0.6 is 0 Å². The Morgan fingerprint density at radius 1 is 0.270 bits per heavy atom. The van der Waals surface area contributed by atoms with Crippen LogP contribution in [0.1, 0.15) is 22.3 Å². The van der Waals surface area contributed by atoms with Gasteiger partial charge in [-0.25, -0.2) is 15.0 Å². The van der Waals surface area contributed by atoms with Crippen LogP contribution in [0.3, 0.4) is 0 Å². The SMILES string of the molecule is c1ccc2c(c1)-c1ccccc1C21c2ccccc2-c2ccc(-c3ccc(-c4nc(-c5ccc6c(c5)oc5ccccc56)nc(-c5ccc6c(c5)oc5ccccc56)n4)cc3)cc21. The summed E-state index contributed by atoms with van der Waals surface area (Å²) in [5.41, 5.74) is 18.2. The van der Waals surface area contributed by atoms with Crippen molar-refractivity contribution in [3.05, 3.63) is 222 Å². The number of hydrogen-bond acceptors (Lipinski definition) is 5. The highest BCUT2D eigenvalue weighted by Crippen LogP contribution is 2.63. The summed E-state index contributed by atoms with van der Waals surface area (Å²) < 4.78 is 12.6. The minimum atomic E-state index is -0.399. The van der Waals surface area contributed by atoms with E-state index in [1.807, 2.05) is 48.5 Å². The zero-order valence-electron chi connectivity index (χ0n) is 33.7. The van der Waals surface area contributed by atoms with Crippen LogP contribution < -0.4 is 0 Å². The fourth-order valence-corrected chi connectivity index (χ4v) is 10.6. The Kier molecular flexibility index (Phi) is 6.97. The molecule has 5 heteroatoms. The largest absolute Gasteiger partial charge is 0.456 e. The maximum Gasteiger partial charge on any atom is 0.164 e. The molecule has 3 aromatic heterocycles. The van der Waals surface area contributed by atoms with Crippen molar-refractivity contribution in [1.82, 2.24) is 15.0 Å². The van der Waals surface area contributed by atoms with Crippen molar-refractivity contribution < 1.29 is 8.83 Å². The van der Waals surface area contributed by atoms with E-state index in [0.29, 0.717) is 17.5 Å². The van der Waals surface area contributed by atoms with Crippen LogP contribution in [0.2, 0.25) is 0 Å². The van der Waals surface area contributed by atoms with Gasteiger partial charge in [0.2, 0.25) is 0 Å². The third-order valence-corrected chi connectivity index (χ3v) is 13.4. The van der Waals surface area contributed by atoms with Crippen molar-refractivity contribution in [2.24, 2.45) is 0 Å². The molecule has 292 valence electrons. The van der Waals surface area contributed by atoms with Gasteiger partial charge in [-0.1, -0.05) is 158 Å². The lowest BCUT2D eigenvalue weighted by molar-refractivity contribution is 0.668. The normalized spacial score (nSPS) is 13.2. The van der Waals surface area contributed by atoms with Crippen molar-refractivity contribution in [3.63, 3.8) is 0 Å². The molecule has 2 aliphatic rings. The summed E-state index contributed by atoms with van der Waals surface area (Å²) in [6, 6.07) is 71.1. The Hall–Kier alpha value is -8.41. The predicted molar refractivity (Wildman–Crippen MR) is 252 cm³/mol. The van der Waals surface area contributed by atoms with E-state index in [0.717, 1.165) is 71.7 Å². The standard InChI is InChI=1S/C58H33N3O2/c1-6-16-47-39(11-1)40-12-2-7-17-48(40)58(47)49-18-8-3-13-41(49)42-28-25-36(31-50(42)58)34-21-23-35(24-22-34)55-59-56(37-26-29-45-43-14-4-9-19-51(43)62-53(45)32-37)61-57(60-55)38-27-30-46-44-15-5-10-20-52(44)63-54(46)33-38/h1-33H. The maximum atomic E-state index is 6.30. The second-order valence-electron chi connectivity index (χ2n) is 16.6. The van der Waals surface area contributed by atoms with Crippen LogP contribution in [0, 0.1) is 0 Å². The van der Waals surface area contributed by atoms with Crippen molar-refractivity contribution in [2.45, 2.75) is 5.41 Å². The molecule has 12 aromatic rings. The van der Waals surface area contributed by atoms with E-state index < -0.39 is 5.41 Å². The van der Waals surface area contributed by atoms with Gasteiger partial charge in [0.05, 0.1) is 5.41 Å². The van der Waals surface area contributed by atoms with Crippen molar-refractivity contribution in [1.29, 1.82) is 0 Å². The fraction of sp³-hybridized carbons (Fsp3) is 0.0172. The van der Waals surface area contributed by atoms with Gasteiger partial charge in [0.1, 0.15) is 22.3 Å². The van der Waals surface area contributed by atoms with E-state index in [9.17, 15) is 0 Å². The maximum absolute atomic E-state index is 6.30. The quantitative estimate of drug-likeness (QED) is 0.177. The highest BCUT2D eigenvalue weighted by Gasteiger charge is 2.51. The lowest BCUT2D eigenvalue weighted by atomic mass is 9.70. The molecule has 0 amide bonds. The number of aromatic nitrogens is 3. The van der Waals surface area contributed by atoms with Crippen LogP contribution in [0.15, 0.2) is 209 Å². The van der Waals surface area contributed by atoms with Gasteiger partial charge in [0.15, 0.2) is 17.5 Å². The molecule has 5 nitrogen and oxygen atoms in total. The minimum absolute atomic E-state index is 0.399. The predicted octanol–water partition coefficient (Wildman–Crippen LogP) is 14.7. The first-order chi connectivity index (χ1) is 31.2. The second-order valence-corrected chi connectivity index (χ2v) is 16.6. The molecular formula is C58H33N3O2. The Morgan fingerprint density at radius 3 is 1.17 bits per heavy atom. The first kappa shape index (κ1) is 34.3. The molecule has 0 aliphatic heterocycles. The average molecular weight is 804 g/mol. The summed E-state index contributed by atoms with van der Waals surface area (Å²) in [5, 5.41) is 4.27. The van der Waals surface area contributed by atoms with E-state index in [-0.39, 0.29) is 0 Å². The van der Waals surface area contributed by atoms with Gasteiger partial charge >= 0.3 is 0 Å². The second kappa shape index (κ2) is 12.8. The van der Waals surface area contributed by atoms with Crippen LogP contribution in [0.4, 0.5) is 0 Å². The highest BCUT2D eigenvalue weighted by molar-refractivity contribution is 6.07. The number of fused-ring (bicyclic) bond motifs is 16. The van der Waals surface area contributed by atoms with Crippen LogP contribution in [-0.2, 0) is 5.41 Å². The topological polar surface area (TPSA) is 65.0 Å². The molecular weight excluding hydrogens is 771 g/mol. The lowest BCUT2D eigenvalue weighted by Gasteiger charge is -2.30. The molecule has 0 saturated carbocycles. The van der Waals surface area contributed by atoms with Crippen LogP contribution in [0.25, 0.3) is 111 Å². The summed E-state index contributed by atoms with van der Waals surface area (Å²) in [5.74, 6) is 1.71. The molecule has 14 rings (SSSR count). The number of benzene rings is 9. The molecule has 0 N–H and O–H groups in total. The molecule has 9 aromatic carbocycles. The summed E-state index contributed by atoms with van der Waals surface area (Å²) in [6.45, 7) is 0. The molecule has 3 heterocycles. The molecule has 0 atom stereocenters. The molecule has 2 aliphatic carbocycles. The van der Waals surface area contributed by atoms with Crippen LogP contribution in [0.5, 0.6) is 0 Å². The zero-order chi connectivity index (χ0) is 41.2. The molecule has 0 bridgehead atoms. The lowest BCUT2D eigenvalue weighted by Crippen LogP contribution is -2.25. The third-order valence-electron chi connectivity index (χ3n) is 13.4. The van der Waals surface area contributed by atoms with Gasteiger partial charge < -0.3 is 8.83 Å². The summed E-state index contributed by atoms with van der Waals surface area (Å²) >= 11 is 0. The Labute approximate surface area is 361 Å². The van der Waals surface area contributed by atoms with E-state index in [4.69, 9.17) is 23.8 Å². The summed E-state index contributed by atoms with van der Waals surface area (Å²) in [6.07, 6.45) is 0. The molecule has 0 saturated heterocycles. The highest BCUT2D eigenvalue weighted by atomic mass is 16.3. The van der Waals surface area contributed by atoms with E-state index in [1.165, 1.54) is 44.5 Å². The smallest absolute Gasteiger partial charge is 0.164 e. The number of para-hydroxylation sites is 2. The first-order valence-electron chi connectivity index (χ1n) is 21.3. The van der Waals surface area contributed by atoms with Gasteiger partial charge in [-0.05, 0) is 98.1 Å².